The Hall–Kier alpha value is -3.26. The predicted octanol–water partition coefficient (Wildman–Crippen LogP) is 7.04. The van der Waals surface area contributed by atoms with Crippen LogP contribution in [0, 0.1) is 0 Å². The minimum absolute atomic E-state index is 0.119. The summed E-state index contributed by atoms with van der Waals surface area (Å²) in [6, 6.07) is 30.7. The van der Waals surface area contributed by atoms with Crippen molar-refractivity contribution >= 4 is 16.5 Å². The molecule has 146 valence electrons. The number of phenolic OH excluding ortho intramolecular Hbond substituents is 1. The Labute approximate surface area is 172 Å². The van der Waals surface area contributed by atoms with E-state index in [-0.39, 0.29) is 11.5 Å². The molecule has 0 aliphatic rings. The highest BCUT2D eigenvalue weighted by Crippen LogP contribution is 2.37. The lowest BCUT2D eigenvalue weighted by Crippen LogP contribution is -2.14. The van der Waals surface area contributed by atoms with Crippen LogP contribution in [0.3, 0.4) is 0 Å². The van der Waals surface area contributed by atoms with Crippen LogP contribution in [-0.4, -0.2) is 5.11 Å². The van der Waals surface area contributed by atoms with Gasteiger partial charge in [-0.3, -0.25) is 0 Å². The number of hydrogen-bond donors (Lipinski definition) is 2. The van der Waals surface area contributed by atoms with E-state index in [0.29, 0.717) is 5.75 Å². The molecule has 0 aromatic heterocycles. The summed E-state index contributed by atoms with van der Waals surface area (Å²) in [5.74, 6) is 0.329. The highest BCUT2D eigenvalue weighted by atomic mass is 16.3. The Bertz CT molecular complexity index is 1110. The molecule has 29 heavy (non-hydrogen) atoms. The summed E-state index contributed by atoms with van der Waals surface area (Å²) in [6.45, 7) is 6.65. The zero-order valence-electron chi connectivity index (χ0n) is 17.2. The summed E-state index contributed by atoms with van der Waals surface area (Å²) >= 11 is 0. The fraction of sp³-hybridized carbons (Fsp3) is 0.185. The molecule has 0 radical (unpaired) electrons. The number of anilines is 1. The van der Waals surface area contributed by atoms with Gasteiger partial charge in [0.15, 0.2) is 0 Å². The van der Waals surface area contributed by atoms with Gasteiger partial charge in [-0.1, -0.05) is 99.6 Å². The number of rotatable bonds is 4. The molecule has 0 bridgehead atoms. The Morgan fingerprint density at radius 2 is 1.38 bits per heavy atom. The predicted molar refractivity (Wildman–Crippen MR) is 123 cm³/mol. The van der Waals surface area contributed by atoms with Gasteiger partial charge in [0.25, 0.3) is 0 Å². The van der Waals surface area contributed by atoms with Gasteiger partial charge in [0.2, 0.25) is 0 Å². The van der Waals surface area contributed by atoms with Gasteiger partial charge in [-0.05, 0) is 34.1 Å². The Morgan fingerprint density at radius 1 is 0.724 bits per heavy atom. The van der Waals surface area contributed by atoms with Crippen LogP contribution >= 0.6 is 0 Å². The maximum atomic E-state index is 11.1. The molecule has 4 aromatic carbocycles. The van der Waals surface area contributed by atoms with E-state index in [0.717, 1.165) is 27.6 Å². The molecule has 0 spiro atoms. The van der Waals surface area contributed by atoms with Gasteiger partial charge in [-0.2, -0.15) is 0 Å². The number of nitrogens with one attached hydrogen (secondary N) is 1. The van der Waals surface area contributed by atoms with Crippen LogP contribution in [-0.2, 0) is 5.41 Å². The molecule has 0 aliphatic heterocycles. The lowest BCUT2D eigenvalue weighted by Gasteiger charge is -2.24. The Balaban J connectivity index is 1.77. The topological polar surface area (TPSA) is 32.3 Å². The van der Waals surface area contributed by atoms with E-state index in [1.165, 1.54) is 5.56 Å². The third kappa shape index (κ3) is 3.97. The monoisotopic (exact) mass is 381 g/mol. The third-order valence-electron chi connectivity index (χ3n) is 5.44. The van der Waals surface area contributed by atoms with Crippen LogP contribution in [0.15, 0.2) is 91.0 Å². The molecule has 1 unspecified atom stereocenters. The SMILES string of the molecule is CC(C)(C)c1ccc(NC(c2ccccc2)c2ccc3ccccc3c2O)cc1. The van der Waals surface area contributed by atoms with Crippen molar-refractivity contribution in [2.45, 2.75) is 32.2 Å². The second-order valence-corrected chi connectivity index (χ2v) is 8.54. The van der Waals surface area contributed by atoms with Crippen molar-refractivity contribution in [3.05, 3.63) is 108 Å². The van der Waals surface area contributed by atoms with E-state index in [2.05, 4.69) is 68.6 Å². The standard InChI is InChI=1S/C27H27NO/c1-27(2,3)21-14-16-22(17-15-21)28-25(20-10-5-4-6-11-20)24-18-13-19-9-7-8-12-23(19)26(24)29/h4-18,25,28-29H,1-3H3. The summed E-state index contributed by atoms with van der Waals surface area (Å²) in [5, 5.41) is 16.6. The molecule has 0 saturated carbocycles. The van der Waals surface area contributed by atoms with Crippen LogP contribution in [0.2, 0.25) is 0 Å². The maximum Gasteiger partial charge on any atom is 0.129 e. The molecule has 0 aliphatic carbocycles. The number of benzene rings is 4. The van der Waals surface area contributed by atoms with Gasteiger partial charge in [0.1, 0.15) is 5.75 Å². The number of hydrogen-bond acceptors (Lipinski definition) is 2. The Kier molecular flexibility index (Phi) is 5.02. The first-order valence-corrected chi connectivity index (χ1v) is 10.1. The fourth-order valence-corrected chi connectivity index (χ4v) is 3.72. The van der Waals surface area contributed by atoms with Gasteiger partial charge >= 0.3 is 0 Å². The number of aromatic hydroxyl groups is 1. The summed E-state index contributed by atoms with van der Waals surface area (Å²) < 4.78 is 0. The molecule has 0 fully saturated rings. The van der Waals surface area contributed by atoms with Gasteiger partial charge in [0.05, 0.1) is 6.04 Å². The summed E-state index contributed by atoms with van der Waals surface area (Å²) in [6.07, 6.45) is 0. The highest BCUT2D eigenvalue weighted by Gasteiger charge is 2.20. The van der Waals surface area contributed by atoms with E-state index >= 15 is 0 Å². The first-order chi connectivity index (χ1) is 13.9. The fourth-order valence-electron chi connectivity index (χ4n) is 3.72. The van der Waals surface area contributed by atoms with Crippen molar-refractivity contribution in [2.24, 2.45) is 0 Å². The molecular weight excluding hydrogens is 354 g/mol. The zero-order valence-corrected chi connectivity index (χ0v) is 17.2. The third-order valence-corrected chi connectivity index (χ3v) is 5.44. The van der Waals surface area contributed by atoms with Crippen molar-refractivity contribution < 1.29 is 5.11 Å². The summed E-state index contributed by atoms with van der Waals surface area (Å²) in [4.78, 5) is 0. The number of phenols is 1. The largest absolute Gasteiger partial charge is 0.507 e. The van der Waals surface area contributed by atoms with Gasteiger partial charge in [0, 0.05) is 16.6 Å². The molecule has 0 saturated heterocycles. The molecule has 2 N–H and O–H groups in total. The van der Waals surface area contributed by atoms with Crippen molar-refractivity contribution in [1.82, 2.24) is 0 Å². The van der Waals surface area contributed by atoms with Gasteiger partial charge < -0.3 is 10.4 Å². The minimum Gasteiger partial charge on any atom is -0.507 e. The van der Waals surface area contributed by atoms with Crippen LogP contribution in [0.25, 0.3) is 10.8 Å². The molecular formula is C27H27NO. The molecule has 4 rings (SSSR count). The normalized spacial score (nSPS) is 12.7. The van der Waals surface area contributed by atoms with Gasteiger partial charge in [-0.25, -0.2) is 0 Å². The van der Waals surface area contributed by atoms with Crippen molar-refractivity contribution in [2.75, 3.05) is 5.32 Å². The van der Waals surface area contributed by atoms with Crippen LogP contribution < -0.4 is 5.32 Å². The molecule has 4 aromatic rings. The second kappa shape index (κ2) is 7.63. The smallest absolute Gasteiger partial charge is 0.129 e. The van der Waals surface area contributed by atoms with Crippen LogP contribution in [0.4, 0.5) is 5.69 Å². The Morgan fingerprint density at radius 3 is 2.07 bits per heavy atom. The quantitative estimate of drug-likeness (QED) is 0.397. The van der Waals surface area contributed by atoms with E-state index in [4.69, 9.17) is 0 Å². The average Bonchev–Trinajstić information content (AvgIpc) is 2.73. The molecule has 1 atom stereocenters. The van der Waals surface area contributed by atoms with Crippen LogP contribution in [0.5, 0.6) is 5.75 Å². The second-order valence-electron chi connectivity index (χ2n) is 8.54. The minimum atomic E-state index is -0.152. The lowest BCUT2D eigenvalue weighted by atomic mass is 9.87. The summed E-state index contributed by atoms with van der Waals surface area (Å²) in [7, 11) is 0. The van der Waals surface area contributed by atoms with E-state index in [1.807, 2.05) is 48.5 Å². The van der Waals surface area contributed by atoms with E-state index in [9.17, 15) is 5.11 Å². The van der Waals surface area contributed by atoms with Crippen molar-refractivity contribution in [3.8, 4) is 5.75 Å². The number of fused-ring (bicyclic) bond motifs is 1. The van der Waals surface area contributed by atoms with E-state index in [1.54, 1.807) is 0 Å². The first-order valence-electron chi connectivity index (χ1n) is 10.1. The zero-order chi connectivity index (χ0) is 20.4. The average molecular weight is 382 g/mol. The van der Waals surface area contributed by atoms with Crippen LogP contribution in [0.1, 0.15) is 43.5 Å². The maximum absolute atomic E-state index is 11.1. The molecule has 0 heterocycles. The molecule has 0 amide bonds. The van der Waals surface area contributed by atoms with Crippen molar-refractivity contribution in [3.63, 3.8) is 0 Å². The molecule has 2 nitrogen and oxygen atoms in total. The van der Waals surface area contributed by atoms with Gasteiger partial charge in [-0.15, -0.1) is 0 Å². The molecule has 2 heteroatoms. The highest BCUT2D eigenvalue weighted by molar-refractivity contribution is 5.89. The van der Waals surface area contributed by atoms with E-state index < -0.39 is 0 Å². The summed E-state index contributed by atoms with van der Waals surface area (Å²) in [5.41, 5.74) is 4.42. The first kappa shape index (κ1) is 19.1. The lowest BCUT2D eigenvalue weighted by molar-refractivity contribution is 0.473. The van der Waals surface area contributed by atoms with Crippen molar-refractivity contribution in [1.29, 1.82) is 0 Å².